The van der Waals surface area contributed by atoms with Crippen molar-refractivity contribution in [3.8, 4) is 5.75 Å². The van der Waals surface area contributed by atoms with Crippen LogP contribution in [-0.4, -0.2) is 34.0 Å². The Bertz CT molecular complexity index is 600. The normalized spacial score (nSPS) is 18.4. The fourth-order valence-electron chi connectivity index (χ4n) is 2.36. The lowest BCUT2D eigenvalue weighted by Gasteiger charge is -2.35. The Labute approximate surface area is 122 Å². The summed E-state index contributed by atoms with van der Waals surface area (Å²) < 4.78 is 59.4. The lowest BCUT2D eigenvalue weighted by molar-refractivity contribution is 0.00202. The van der Waals surface area contributed by atoms with Gasteiger partial charge in [-0.1, -0.05) is 0 Å². The van der Waals surface area contributed by atoms with Crippen LogP contribution in [0.25, 0.3) is 0 Å². The molecule has 1 heterocycles. The van der Waals surface area contributed by atoms with E-state index < -0.39 is 27.1 Å². The van der Waals surface area contributed by atoms with Gasteiger partial charge in [-0.05, 0) is 25.0 Å². The molecule has 0 radical (unpaired) electrons. The molecule has 8 heteroatoms. The molecule has 5 nitrogen and oxygen atoms in total. The van der Waals surface area contributed by atoms with Crippen molar-refractivity contribution in [2.75, 3.05) is 25.6 Å². The first-order valence-electron chi connectivity index (χ1n) is 6.46. The summed E-state index contributed by atoms with van der Waals surface area (Å²) >= 11 is 0. The molecule has 1 fully saturated rings. The Morgan fingerprint density at radius 2 is 1.90 bits per heavy atom. The van der Waals surface area contributed by atoms with Gasteiger partial charge < -0.3 is 9.47 Å². The highest BCUT2D eigenvalue weighted by Crippen LogP contribution is 2.32. The highest BCUT2D eigenvalue weighted by atomic mass is 32.2. The minimum atomic E-state index is -3.67. The van der Waals surface area contributed by atoms with Crippen LogP contribution in [0.5, 0.6) is 5.75 Å². The summed E-state index contributed by atoms with van der Waals surface area (Å²) in [4.78, 5) is 0. The molecule has 0 atom stereocenters. The van der Waals surface area contributed by atoms with Gasteiger partial charge in [-0.25, -0.2) is 22.3 Å². The van der Waals surface area contributed by atoms with Gasteiger partial charge in [-0.2, -0.15) is 0 Å². The Morgan fingerprint density at radius 3 is 2.48 bits per heavy atom. The first-order chi connectivity index (χ1) is 9.80. The van der Waals surface area contributed by atoms with Crippen molar-refractivity contribution in [1.29, 1.82) is 0 Å². The zero-order chi connectivity index (χ0) is 15.5. The minimum absolute atomic E-state index is 0.0534. The predicted octanol–water partition coefficient (Wildman–Crippen LogP) is 1.43. The molecule has 0 amide bonds. The number of nitrogens with two attached hydrogens (primary N) is 1. The fourth-order valence-corrected chi connectivity index (χ4v) is 3.59. The van der Waals surface area contributed by atoms with E-state index >= 15 is 0 Å². The average Bonchev–Trinajstić information content (AvgIpc) is 2.39. The minimum Gasteiger partial charge on any atom is -0.493 e. The topological polar surface area (TPSA) is 78.6 Å². The molecule has 2 rings (SSSR count). The van der Waals surface area contributed by atoms with Crippen molar-refractivity contribution in [3.63, 3.8) is 0 Å². The number of halogens is 2. The van der Waals surface area contributed by atoms with Crippen LogP contribution in [0, 0.1) is 17.0 Å². The van der Waals surface area contributed by atoms with Gasteiger partial charge in [-0.15, -0.1) is 0 Å². The molecule has 0 spiro atoms. The van der Waals surface area contributed by atoms with E-state index in [4.69, 9.17) is 14.6 Å². The number of primary sulfonamides is 1. The van der Waals surface area contributed by atoms with Crippen LogP contribution in [0.1, 0.15) is 12.8 Å². The van der Waals surface area contributed by atoms with Crippen LogP contribution >= 0.6 is 0 Å². The molecule has 118 valence electrons. The predicted molar refractivity (Wildman–Crippen MR) is 72.3 cm³/mol. The molecule has 1 aliphatic heterocycles. The highest BCUT2D eigenvalue weighted by Gasteiger charge is 2.37. The van der Waals surface area contributed by atoms with E-state index in [1.54, 1.807) is 0 Å². The number of ether oxygens (including phenoxy) is 2. The molecule has 0 aliphatic carbocycles. The molecule has 0 saturated carbocycles. The van der Waals surface area contributed by atoms with Gasteiger partial charge in [0, 0.05) is 24.7 Å². The summed E-state index contributed by atoms with van der Waals surface area (Å²) in [6, 6.07) is 3.18. The van der Waals surface area contributed by atoms with Gasteiger partial charge in [0.2, 0.25) is 10.0 Å². The Morgan fingerprint density at radius 1 is 1.24 bits per heavy atom. The number of sulfonamides is 1. The molecule has 1 aliphatic rings. The zero-order valence-electron chi connectivity index (χ0n) is 11.3. The maximum Gasteiger partial charge on any atom is 0.209 e. The molecule has 1 aromatic rings. The van der Waals surface area contributed by atoms with Gasteiger partial charge in [0.15, 0.2) is 11.6 Å². The van der Waals surface area contributed by atoms with Crippen molar-refractivity contribution < 1.29 is 26.7 Å². The van der Waals surface area contributed by atoms with E-state index in [1.807, 2.05) is 0 Å². The summed E-state index contributed by atoms with van der Waals surface area (Å²) in [5, 5.41) is 5.13. The standard InChI is InChI=1S/C13H17F2NO4S/c14-11-2-1-10(7-12(11)15)20-8-13(9-21(16,17)18)3-5-19-6-4-13/h1-2,7H,3-6,8-9H2,(H2,16,17,18). The molecule has 0 bridgehead atoms. The molecular weight excluding hydrogens is 304 g/mol. The van der Waals surface area contributed by atoms with Gasteiger partial charge in [0.1, 0.15) is 5.75 Å². The lowest BCUT2D eigenvalue weighted by Crippen LogP contribution is -2.42. The van der Waals surface area contributed by atoms with Crippen LogP contribution < -0.4 is 9.88 Å². The second-order valence-corrected chi connectivity index (χ2v) is 6.90. The molecule has 0 aromatic heterocycles. The lowest BCUT2D eigenvalue weighted by atomic mass is 9.83. The summed E-state index contributed by atoms with van der Waals surface area (Å²) in [5.74, 6) is -2.06. The number of hydrogen-bond donors (Lipinski definition) is 1. The summed E-state index contributed by atoms with van der Waals surface area (Å²) in [7, 11) is -3.67. The largest absolute Gasteiger partial charge is 0.493 e. The first-order valence-corrected chi connectivity index (χ1v) is 8.17. The average molecular weight is 321 g/mol. The third-order valence-electron chi connectivity index (χ3n) is 3.50. The van der Waals surface area contributed by atoms with Crippen molar-refractivity contribution in [2.24, 2.45) is 10.6 Å². The first kappa shape index (κ1) is 16.1. The summed E-state index contributed by atoms with van der Waals surface area (Å²) in [5.41, 5.74) is -0.670. The second kappa shape index (κ2) is 6.25. The molecular formula is C13H17F2NO4S. The monoisotopic (exact) mass is 321 g/mol. The zero-order valence-corrected chi connectivity index (χ0v) is 12.2. The van der Waals surface area contributed by atoms with Crippen LogP contribution in [0.2, 0.25) is 0 Å². The third kappa shape index (κ3) is 4.62. The molecule has 21 heavy (non-hydrogen) atoms. The number of benzene rings is 1. The van der Waals surface area contributed by atoms with Gasteiger partial charge in [0.25, 0.3) is 0 Å². The van der Waals surface area contributed by atoms with E-state index in [2.05, 4.69) is 0 Å². The third-order valence-corrected chi connectivity index (χ3v) is 4.51. The van der Waals surface area contributed by atoms with Crippen LogP contribution in [-0.2, 0) is 14.8 Å². The maximum absolute atomic E-state index is 13.1. The van der Waals surface area contributed by atoms with Gasteiger partial charge >= 0.3 is 0 Å². The maximum atomic E-state index is 13.1. The SMILES string of the molecule is NS(=O)(=O)CC1(COc2ccc(F)c(F)c2)CCOCC1. The van der Waals surface area contributed by atoms with Crippen molar-refractivity contribution in [3.05, 3.63) is 29.8 Å². The summed E-state index contributed by atoms with van der Waals surface area (Å²) in [6.07, 6.45) is 0.959. The van der Waals surface area contributed by atoms with Gasteiger partial charge in [0.05, 0.1) is 12.4 Å². The van der Waals surface area contributed by atoms with Crippen LogP contribution in [0.15, 0.2) is 18.2 Å². The van der Waals surface area contributed by atoms with Crippen molar-refractivity contribution in [1.82, 2.24) is 0 Å². The number of rotatable bonds is 5. The molecule has 1 saturated heterocycles. The highest BCUT2D eigenvalue weighted by molar-refractivity contribution is 7.89. The van der Waals surface area contributed by atoms with Crippen molar-refractivity contribution in [2.45, 2.75) is 12.8 Å². The molecule has 0 unspecified atom stereocenters. The molecule has 2 N–H and O–H groups in total. The Balaban J connectivity index is 2.10. The van der Waals surface area contributed by atoms with Gasteiger partial charge in [-0.3, -0.25) is 0 Å². The smallest absolute Gasteiger partial charge is 0.209 e. The van der Waals surface area contributed by atoms with Crippen molar-refractivity contribution >= 4 is 10.0 Å². The van der Waals surface area contributed by atoms with E-state index in [-0.39, 0.29) is 18.1 Å². The van der Waals surface area contributed by atoms with E-state index in [1.165, 1.54) is 6.07 Å². The Kier molecular flexibility index (Phi) is 4.80. The second-order valence-electron chi connectivity index (χ2n) is 5.28. The summed E-state index contributed by atoms with van der Waals surface area (Å²) in [6.45, 7) is 0.880. The molecule has 1 aromatic carbocycles. The van der Waals surface area contributed by atoms with Crippen LogP contribution in [0.3, 0.4) is 0 Å². The fraction of sp³-hybridized carbons (Fsp3) is 0.538. The van der Waals surface area contributed by atoms with E-state index in [0.717, 1.165) is 12.1 Å². The van der Waals surface area contributed by atoms with Crippen LogP contribution in [0.4, 0.5) is 8.78 Å². The Hall–Kier alpha value is -1.25. The quantitative estimate of drug-likeness (QED) is 0.890. The van der Waals surface area contributed by atoms with E-state index in [9.17, 15) is 17.2 Å². The number of hydrogen-bond acceptors (Lipinski definition) is 4. The van der Waals surface area contributed by atoms with E-state index in [0.29, 0.717) is 26.1 Å².